The largest absolute Gasteiger partial charge is 0.480 e. The van der Waals surface area contributed by atoms with Crippen LogP contribution < -0.4 is 58.9 Å². The number of carboxylic acids is 1. The van der Waals surface area contributed by atoms with E-state index in [4.69, 9.17) is 5.73 Å². The highest BCUT2D eigenvalue weighted by Gasteiger charge is 2.37. The molecule has 25 nitrogen and oxygen atoms in total. The third-order valence-electron chi connectivity index (χ3n) is 12.5. The van der Waals surface area contributed by atoms with Gasteiger partial charge in [0.2, 0.25) is 59.1 Å². The zero-order valence-corrected chi connectivity index (χ0v) is 47.2. The lowest BCUT2D eigenvalue weighted by molar-refractivity contribution is -0.143. The number of hydrogen-bond acceptors (Lipinski definition) is 16. The Balaban J connectivity index is 5.96. The molecule has 10 amide bonds. The highest BCUT2D eigenvalue weighted by Crippen LogP contribution is 2.14. The minimum absolute atomic E-state index is 0.120. The zero-order chi connectivity index (χ0) is 57.9. The Morgan fingerprint density at radius 1 is 0.520 bits per heavy atom. The number of amides is 10. The second-order valence-corrected chi connectivity index (χ2v) is 20.9. The molecule has 0 spiro atoms. The molecule has 0 aliphatic rings. The molecule has 0 rings (SSSR count). The summed E-state index contributed by atoms with van der Waals surface area (Å²) < 4.78 is 0. The molecule has 0 saturated heterocycles. The Morgan fingerprint density at radius 3 is 1.36 bits per heavy atom. The number of nitrogens with one attached hydrogen (secondary N) is 10. The van der Waals surface area contributed by atoms with Crippen molar-refractivity contribution in [2.24, 2.45) is 35.3 Å². The molecule has 430 valence electrons. The molecule has 0 aromatic carbocycles. The van der Waals surface area contributed by atoms with Crippen LogP contribution in [0.1, 0.15) is 108 Å². The van der Waals surface area contributed by atoms with E-state index in [-0.39, 0.29) is 24.0 Å². The summed E-state index contributed by atoms with van der Waals surface area (Å²) in [4.78, 5) is 145. The van der Waals surface area contributed by atoms with E-state index < -0.39 is 163 Å². The highest BCUT2D eigenvalue weighted by molar-refractivity contribution is 7.98. The molecule has 0 aliphatic heterocycles. The monoisotopic (exact) mass is 1110 g/mol. The number of hydrogen-bond donors (Lipinski definition) is 15. The SMILES string of the molecule is CC[C@H](C)[C@H](NC(=O)CNC(=O)[C@@H](NC(=O)[C@@H](N)CCSC)[C@@H](C)CC)C(=O)N[C@H](C(=O)N[C@@H](CS)C(=O)N[C@@H](CO)C(=O)N[C@H](C(=O)NCC(=O)N[C@@H](CC(C)C)C(=O)N[C@H](C(=O)O)C(C)C)[C@@H](C)O)[C@@H](C)CC. The average molecular weight is 1110 g/mol. The number of carbonyl (C=O) groups excluding carboxylic acids is 10. The van der Waals surface area contributed by atoms with Gasteiger partial charge in [0.25, 0.3) is 0 Å². The maximum absolute atomic E-state index is 13.9. The molecular formula is C48H87N11O14S2. The first-order valence-electron chi connectivity index (χ1n) is 25.4. The summed E-state index contributed by atoms with van der Waals surface area (Å²) in [5.74, 6) is -11.2. The lowest BCUT2D eigenvalue weighted by atomic mass is 9.94. The van der Waals surface area contributed by atoms with Crippen LogP contribution in [-0.2, 0) is 52.7 Å². The summed E-state index contributed by atoms with van der Waals surface area (Å²) >= 11 is 5.71. The number of nitrogens with two attached hydrogens (primary N) is 1. The van der Waals surface area contributed by atoms with Crippen molar-refractivity contribution in [2.75, 3.05) is 37.5 Å². The molecule has 27 heteroatoms. The standard InChI is InChI=1S/C48H87N11O14S2/c1-13-25(8)36(57-40(64)29(49)16-17-75-12)44(68)50-20-34(63)55-37(26(9)14-2)47(71)58-38(27(10)15-3)46(70)54-32(22-74)43(67)53-31(21-60)42(66)59-39(28(11)61)45(69)51-19-33(62)52-30(18-23(4)5)41(65)56-35(24(6)7)48(72)73/h23-32,35-39,60-61,74H,13-22,49H2,1-12H3,(H,50,68)(H,51,69)(H,52,62)(H,53,67)(H,54,70)(H,55,63)(H,56,65)(H,57,64)(H,58,71)(H,59,66)(H,72,73)/t25-,26-,27-,28+,29-,30-,31-,32-,35-,36-,37-,38-,39-/m0/s1. The molecule has 0 unspecified atom stereocenters. The Bertz CT molecular complexity index is 1920. The van der Waals surface area contributed by atoms with E-state index in [1.165, 1.54) is 11.8 Å². The van der Waals surface area contributed by atoms with Crippen LogP contribution >= 0.6 is 24.4 Å². The third-order valence-corrected chi connectivity index (χ3v) is 13.5. The van der Waals surface area contributed by atoms with E-state index in [2.05, 4.69) is 65.8 Å². The molecule has 0 saturated carbocycles. The predicted molar refractivity (Wildman–Crippen MR) is 285 cm³/mol. The van der Waals surface area contributed by atoms with Crippen molar-refractivity contribution in [1.29, 1.82) is 0 Å². The summed E-state index contributed by atoms with van der Waals surface area (Å²) in [7, 11) is 0. The Kier molecular flexibility index (Phi) is 33.4. The average Bonchev–Trinajstić information content (AvgIpc) is 3.36. The molecule has 0 aromatic rings. The van der Waals surface area contributed by atoms with Crippen LogP contribution in [0.15, 0.2) is 0 Å². The van der Waals surface area contributed by atoms with E-state index in [1.54, 1.807) is 62.3 Å². The van der Waals surface area contributed by atoms with Crippen LogP contribution in [-0.4, -0.2) is 178 Å². The van der Waals surface area contributed by atoms with Crippen LogP contribution in [0.5, 0.6) is 0 Å². The summed E-state index contributed by atoms with van der Waals surface area (Å²) in [5.41, 5.74) is 6.01. The van der Waals surface area contributed by atoms with Gasteiger partial charge in [-0.15, -0.1) is 0 Å². The molecular weight excluding hydrogens is 1020 g/mol. The number of aliphatic hydroxyl groups is 2. The van der Waals surface area contributed by atoms with Gasteiger partial charge >= 0.3 is 5.97 Å². The number of carboxylic acid groups (broad SMARTS) is 1. The van der Waals surface area contributed by atoms with E-state index in [1.807, 2.05) is 13.2 Å². The number of aliphatic hydroxyl groups excluding tert-OH is 2. The molecule has 75 heavy (non-hydrogen) atoms. The molecule has 15 N–H and O–H groups in total. The molecule has 0 aliphatic carbocycles. The van der Waals surface area contributed by atoms with Gasteiger partial charge in [-0.25, -0.2) is 4.79 Å². The van der Waals surface area contributed by atoms with Crippen molar-refractivity contribution in [3.8, 4) is 0 Å². The van der Waals surface area contributed by atoms with E-state index >= 15 is 0 Å². The van der Waals surface area contributed by atoms with Crippen LogP contribution in [0, 0.1) is 29.6 Å². The smallest absolute Gasteiger partial charge is 0.326 e. The van der Waals surface area contributed by atoms with Gasteiger partial charge in [-0.3, -0.25) is 47.9 Å². The van der Waals surface area contributed by atoms with E-state index in [0.29, 0.717) is 31.4 Å². The van der Waals surface area contributed by atoms with E-state index in [9.17, 15) is 68.1 Å². The topological polar surface area (TPSA) is 395 Å². The zero-order valence-electron chi connectivity index (χ0n) is 45.5. The van der Waals surface area contributed by atoms with Crippen molar-refractivity contribution in [3.05, 3.63) is 0 Å². The maximum Gasteiger partial charge on any atom is 0.326 e. The number of rotatable bonds is 36. The first kappa shape index (κ1) is 69.8. The lowest BCUT2D eigenvalue weighted by Crippen LogP contribution is -2.62. The minimum Gasteiger partial charge on any atom is -0.480 e. The Morgan fingerprint density at radius 2 is 0.920 bits per heavy atom. The van der Waals surface area contributed by atoms with Crippen molar-refractivity contribution in [1.82, 2.24) is 53.2 Å². The fraction of sp³-hybridized carbons (Fsp3) is 0.771. The number of thiol groups is 1. The van der Waals surface area contributed by atoms with Gasteiger partial charge in [0.1, 0.15) is 48.3 Å². The van der Waals surface area contributed by atoms with Gasteiger partial charge in [-0.1, -0.05) is 88.5 Å². The van der Waals surface area contributed by atoms with Crippen LogP contribution in [0.25, 0.3) is 0 Å². The lowest BCUT2D eigenvalue weighted by Gasteiger charge is -2.30. The number of carbonyl (C=O) groups is 11. The molecule has 0 radical (unpaired) electrons. The van der Waals surface area contributed by atoms with Gasteiger partial charge in [-0.2, -0.15) is 24.4 Å². The second kappa shape index (κ2) is 35.9. The normalized spacial score (nSPS) is 16.5. The highest BCUT2D eigenvalue weighted by atomic mass is 32.2. The Labute approximate surface area is 450 Å². The van der Waals surface area contributed by atoms with Crippen LogP contribution in [0.4, 0.5) is 0 Å². The summed E-state index contributed by atoms with van der Waals surface area (Å²) in [6.07, 6.45) is 2.10. The molecule has 0 bridgehead atoms. The van der Waals surface area contributed by atoms with E-state index in [0.717, 1.165) is 6.92 Å². The van der Waals surface area contributed by atoms with Crippen molar-refractivity contribution >= 4 is 89.4 Å². The van der Waals surface area contributed by atoms with Crippen molar-refractivity contribution < 1.29 is 68.1 Å². The summed E-state index contributed by atoms with van der Waals surface area (Å²) in [6.45, 7) is 16.1. The quantitative estimate of drug-likeness (QED) is 0.0286. The van der Waals surface area contributed by atoms with Gasteiger partial charge in [0.05, 0.1) is 31.8 Å². The second-order valence-electron chi connectivity index (χ2n) is 19.5. The van der Waals surface area contributed by atoms with Crippen molar-refractivity contribution in [3.63, 3.8) is 0 Å². The van der Waals surface area contributed by atoms with Crippen LogP contribution in [0.3, 0.4) is 0 Å². The molecule has 13 atom stereocenters. The van der Waals surface area contributed by atoms with Gasteiger partial charge in [0.15, 0.2) is 0 Å². The minimum atomic E-state index is -1.76. The first-order chi connectivity index (χ1) is 35.0. The molecule has 0 aromatic heterocycles. The fourth-order valence-electron chi connectivity index (χ4n) is 7.06. The third kappa shape index (κ3) is 25.0. The number of aliphatic carboxylic acids is 1. The molecule has 0 heterocycles. The van der Waals surface area contributed by atoms with Gasteiger partial charge in [-0.05, 0) is 61.4 Å². The summed E-state index contributed by atoms with van der Waals surface area (Å²) in [6, 6.07) is -11.7. The van der Waals surface area contributed by atoms with Gasteiger partial charge < -0.3 is 74.2 Å². The van der Waals surface area contributed by atoms with Crippen LogP contribution in [0.2, 0.25) is 0 Å². The maximum atomic E-state index is 13.9. The first-order valence-corrected chi connectivity index (χ1v) is 27.4. The fourth-order valence-corrected chi connectivity index (χ4v) is 7.81. The predicted octanol–water partition coefficient (Wildman–Crippen LogP) is -2.59. The van der Waals surface area contributed by atoms with Crippen molar-refractivity contribution in [2.45, 2.75) is 169 Å². The Hall–Kier alpha value is -5.25. The summed E-state index contributed by atoms with van der Waals surface area (Å²) in [5, 5.41) is 54.7. The number of thioether (sulfide) groups is 1. The van der Waals surface area contributed by atoms with Gasteiger partial charge in [0, 0.05) is 5.75 Å². The molecule has 0 fully saturated rings.